The first-order valence-corrected chi connectivity index (χ1v) is 5.61. The van der Waals surface area contributed by atoms with Crippen molar-refractivity contribution in [1.82, 2.24) is 0 Å². The summed E-state index contributed by atoms with van der Waals surface area (Å²) in [5.41, 5.74) is 1.17. The Hall–Kier alpha value is -0.590. The second kappa shape index (κ2) is 2.71. The molecule has 2 aliphatic rings. The predicted molar refractivity (Wildman–Crippen MR) is 58.0 cm³/mol. The molecule has 2 fully saturated rings. The van der Waals surface area contributed by atoms with Crippen LogP contribution in [0.5, 0.6) is 0 Å². The van der Waals surface area contributed by atoms with Gasteiger partial charge < -0.3 is 0 Å². The molecule has 1 heteroatoms. The Morgan fingerprint density at radius 1 is 1.14 bits per heavy atom. The molecule has 0 heterocycles. The largest absolute Gasteiger partial charge is 0.299 e. The summed E-state index contributed by atoms with van der Waals surface area (Å²) in [5, 5.41) is 0. The molecule has 0 N–H and O–H groups in total. The van der Waals surface area contributed by atoms with E-state index in [0.717, 1.165) is 6.29 Å². The zero-order valence-electron chi connectivity index (χ0n) is 9.47. The maximum atomic E-state index is 10.4. The van der Waals surface area contributed by atoms with Crippen LogP contribution in [0.4, 0.5) is 0 Å². The van der Waals surface area contributed by atoms with Crippen LogP contribution in [0.1, 0.15) is 46.5 Å². The van der Waals surface area contributed by atoms with Gasteiger partial charge in [-0.1, -0.05) is 33.3 Å². The van der Waals surface area contributed by atoms with Crippen molar-refractivity contribution in [2.75, 3.05) is 0 Å². The normalized spacial score (nSPS) is 44.8. The fourth-order valence-electron chi connectivity index (χ4n) is 3.77. The Labute approximate surface area is 86.6 Å². The summed E-state index contributed by atoms with van der Waals surface area (Å²) in [6.07, 6.45) is 10.1. The van der Waals surface area contributed by atoms with Gasteiger partial charge in [-0.3, -0.25) is 4.79 Å². The third kappa shape index (κ3) is 1.04. The van der Waals surface area contributed by atoms with Crippen LogP contribution in [0, 0.1) is 16.2 Å². The number of hydrogen-bond acceptors (Lipinski definition) is 1. The minimum atomic E-state index is 0.319. The lowest BCUT2D eigenvalue weighted by molar-refractivity contribution is -0.104. The van der Waals surface area contributed by atoms with Gasteiger partial charge in [0, 0.05) is 0 Å². The molecule has 0 saturated heterocycles. The number of fused-ring (bicyclic) bond motifs is 1. The lowest BCUT2D eigenvalue weighted by Crippen LogP contribution is -2.32. The van der Waals surface area contributed by atoms with E-state index in [-0.39, 0.29) is 0 Å². The third-order valence-electron chi connectivity index (χ3n) is 4.82. The van der Waals surface area contributed by atoms with E-state index in [9.17, 15) is 4.79 Å². The monoisotopic (exact) mass is 192 g/mol. The lowest BCUT2D eigenvalue weighted by atomic mass is 9.63. The molecule has 0 unspecified atom stereocenters. The van der Waals surface area contributed by atoms with Crippen LogP contribution in [-0.4, -0.2) is 6.29 Å². The molecular formula is C13H20O. The highest BCUT2D eigenvalue weighted by Crippen LogP contribution is 2.78. The number of allylic oxidation sites excluding steroid dienone is 2. The van der Waals surface area contributed by atoms with Crippen molar-refractivity contribution >= 4 is 6.29 Å². The van der Waals surface area contributed by atoms with E-state index in [1.54, 1.807) is 6.08 Å². The second-order valence-electron chi connectivity index (χ2n) is 5.94. The first-order chi connectivity index (χ1) is 6.47. The maximum Gasteiger partial charge on any atom is 0.142 e. The average molecular weight is 192 g/mol. The van der Waals surface area contributed by atoms with Gasteiger partial charge in [-0.05, 0) is 41.6 Å². The molecule has 0 aromatic rings. The topological polar surface area (TPSA) is 17.1 Å². The van der Waals surface area contributed by atoms with Gasteiger partial charge in [0.15, 0.2) is 0 Å². The average Bonchev–Trinajstić information content (AvgIpc) is 2.70. The van der Waals surface area contributed by atoms with Crippen molar-refractivity contribution in [2.24, 2.45) is 16.2 Å². The summed E-state index contributed by atoms with van der Waals surface area (Å²) in [4.78, 5) is 10.4. The molecule has 2 atom stereocenters. The van der Waals surface area contributed by atoms with E-state index in [4.69, 9.17) is 0 Å². The van der Waals surface area contributed by atoms with Crippen LogP contribution < -0.4 is 0 Å². The van der Waals surface area contributed by atoms with Gasteiger partial charge in [-0.2, -0.15) is 0 Å². The number of rotatable bonds is 2. The molecule has 0 bridgehead atoms. The van der Waals surface area contributed by atoms with Gasteiger partial charge in [-0.25, -0.2) is 0 Å². The summed E-state index contributed by atoms with van der Waals surface area (Å²) < 4.78 is 0. The molecule has 2 saturated carbocycles. The third-order valence-corrected chi connectivity index (χ3v) is 4.82. The van der Waals surface area contributed by atoms with Crippen LogP contribution in [-0.2, 0) is 4.79 Å². The molecule has 0 amide bonds. The number of carbonyl (C=O) groups excluding carboxylic acids is 1. The minimum absolute atomic E-state index is 0.319. The smallest absolute Gasteiger partial charge is 0.142 e. The molecule has 2 rings (SSSR count). The van der Waals surface area contributed by atoms with Gasteiger partial charge in [0.2, 0.25) is 0 Å². The van der Waals surface area contributed by atoms with Crippen molar-refractivity contribution in [3.63, 3.8) is 0 Å². The molecule has 0 radical (unpaired) electrons. The van der Waals surface area contributed by atoms with E-state index in [0.29, 0.717) is 16.2 Å². The first kappa shape index (κ1) is 9.95. The molecule has 2 aliphatic carbocycles. The van der Waals surface area contributed by atoms with Crippen LogP contribution in [0.25, 0.3) is 0 Å². The molecule has 14 heavy (non-hydrogen) atoms. The van der Waals surface area contributed by atoms with Crippen molar-refractivity contribution < 1.29 is 4.79 Å². The summed E-state index contributed by atoms with van der Waals surface area (Å²) in [6, 6.07) is 0. The van der Waals surface area contributed by atoms with Crippen LogP contribution >= 0.6 is 0 Å². The zero-order valence-corrected chi connectivity index (χ0v) is 9.47. The Bertz CT molecular complexity index is 290. The summed E-state index contributed by atoms with van der Waals surface area (Å²) in [7, 11) is 0. The molecule has 0 aromatic carbocycles. The Kier molecular flexibility index (Phi) is 1.93. The SMILES string of the molecule is CC1(C)CCC[C@]2(C)C[C@]12/C=C/C=O. The number of hydrogen-bond donors (Lipinski definition) is 0. The summed E-state index contributed by atoms with van der Waals surface area (Å²) in [5.74, 6) is 0. The summed E-state index contributed by atoms with van der Waals surface area (Å²) in [6.45, 7) is 7.09. The highest BCUT2D eigenvalue weighted by atomic mass is 16.1. The molecule has 0 aromatic heterocycles. The Morgan fingerprint density at radius 3 is 2.43 bits per heavy atom. The quantitative estimate of drug-likeness (QED) is 0.484. The fourth-order valence-corrected chi connectivity index (χ4v) is 3.77. The zero-order chi connectivity index (χ0) is 10.4. The maximum absolute atomic E-state index is 10.4. The standard InChI is InChI=1S/C13H20O/c1-11(2)6-4-7-12(3)10-13(11,12)8-5-9-14/h5,8-9H,4,6-7,10H2,1-3H3/b8-5+/t12-,13-/m1/s1. The van der Waals surface area contributed by atoms with E-state index in [1.165, 1.54) is 25.7 Å². The van der Waals surface area contributed by atoms with Gasteiger partial charge in [0.25, 0.3) is 0 Å². The molecule has 78 valence electrons. The Balaban J connectivity index is 2.32. The van der Waals surface area contributed by atoms with Gasteiger partial charge in [0.1, 0.15) is 6.29 Å². The first-order valence-electron chi connectivity index (χ1n) is 5.61. The van der Waals surface area contributed by atoms with E-state index >= 15 is 0 Å². The highest BCUT2D eigenvalue weighted by Gasteiger charge is 2.69. The van der Waals surface area contributed by atoms with E-state index < -0.39 is 0 Å². The van der Waals surface area contributed by atoms with Crippen molar-refractivity contribution in [1.29, 1.82) is 0 Å². The number of carbonyl (C=O) groups is 1. The van der Waals surface area contributed by atoms with E-state index in [1.807, 2.05) is 0 Å². The second-order valence-corrected chi connectivity index (χ2v) is 5.94. The van der Waals surface area contributed by atoms with Gasteiger partial charge in [-0.15, -0.1) is 0 Å². The van der Waals surface area contributed by atoms with E-state index in [2.05, 4.69) is 26.8 Å². The molecule has 0 spiro atoms. The van der Waals surface area contributed by atoms with Crippen LogP contribution in [0.15, 0.2) is 12.2 Å². The molecule has 1 nitrogen and oxygen atoms in total. The molecule has 0 aliphatic heterocycles. The van der Waals surface area contributed by atoms with Crippen molar-refractivity contribution in [3.05, 3.63) is 12.2 Å². The van der Waals surface area contributed by atoms with Gasteiger partial charge >= 0.3 is 0 Å². The predicted octanol–water partition coefficient (Wildman–Crippen LogP) is 3.35. The molecular weight excluding hydrogens is 172 g/mol. The van der Waals surface area contributed by atoms with Gasteiger partial charge in [0.05, 0.1) is 0 Å². The number of aldehydes is 1. The van der Waals surface area contributed by atoms with Crippen LogP contribution in [0.3, 0.4) is 0 Å². The van der Waals surface area contributed by atoms with Crippen molar-refractivity contribution in [2.45, 2.75) is 46.5 Å². The highest BCUT2D eigenvalue weighted by molar-refractivity contribution is 5.65. The minimum Gasteiger partial charge on any atom is -0.299 e. The van der Waals surface area contributed by atoms with Crippen molar-refractivity contribution in [3.8, 4) is 0 Å². The summed E-state index contributed by atoms with van der Waals surface area (Å²) >= 11 is 0. The Morgan fingerprint density at radius 2 is 1.86 bits per heavy atom. The lowest BCUT2D eigenvalue weighted by Gasteiger charge is -2.41. The van der Waals surface area contributed by atoms with Crippen LogP contribution in [0.2, 0.25) is 0 Å². The fraction of sp³-hybridized carbons (Fsp3) is 0.769.